The molecule has 15 heavy (non-hydrogen) atoms. The average molecular weight is 228 g/mol. The smallest absolute Gasteiger partial charge is 0.303 e. The molecule has 4 nitrogen and oxygen atoms in total. The Labute approximate surface area is 88.5 Å². The van der Waals surface area contributed by atoms with Gasteiger partial charge in [-0.3, -0.25) is 0 Å². The van der Waals surface area contributed by atoms with Gasteiger partial charge in [-0.05, 0) is 11.1 Å². The van der Waals surface area contributed by atoms with E-state index in [-0.39, 0.29) is 0 Å². The molecule has 0 fully saturated rings. The predicted octanol–water partition coefficient (Wildman–Crippen LogP) is 2.04. The summed E-state index contributed by atoms with van der Waals surface area (Å²) < 4.78 is 8.88. The maximum Gasteiger partial charge on any atom is 0.466 e. The standard InChI is InChI=1S/C10H10.H3O4P/c1-3-9-7-5-6-8-10(9)4-2;1-5(2,3)4/h3-8H,1-2H2;(H3,1,2,3,4). The van der Waals surface area contributed by atoms with Crippen molar-refractivity contribution in [2.45, 2.75) is 0 Å². The lowest BCUT2D eigenvalue weighted by molar-refractivity contribution is 0.275. The third-order valence-electron chi connectivity index (χ3n) is 1.44. The van der Waals surface area contributed by atoms with Crippen molar-refractivity contribution in [1.29, 1.82) is 0 Å². The fraction of sp³-hybridized carbons (Fsp3) is 0. The monoisotopic (exact) mass is 228 g/mol. The number of benzene rings is 1. The van der Waals surface area contributed by atoms with Crippen LogP contribution < -0.4 is 0 Å². The maximum absolute atomic E-state index is 8.88. The summed E-state index contributed by atoms with van der Waals surface area (Å²) in [6, 6.07) is 8.02. The van der Waals surface area contributed by atoms with Gasteiger partial charge in [-0.15, -0.1) is 0 Å². The van der Waals surface area contributed by atoms with Gasteiger partial charge >= 0.3 is 7.82 Å². The zero-order valence-electron chi connectivity index (χ0n) is 8.08. The molecule has 1 aromatic carbocycles. The summed E-state index contributed by atoms with van der Waals surface area (Å²) in [5.74, 6) is 0. The van der Waals surface area contributed by atoms with Gasteiger partial charge in [-0.2, -0.15) is 0 Å². The van der Waals surface area contributed by atoms with Crippen LogP contribution in [0.2, 0.25) is 0 Å². The molecule has 0 aliphatic rings. The SMILES string of the molecule is C=Cc1ccccc1C=C.O=P(O)(O)O. The van der Waals surface area contributed by atoms with Gasteiger partial charge in [0.05, 0.1) is 0 Å². The lowest BCUT2D eigenvalue weighted by Gasteiger charge is -1.96. The van der Waals surface area contributed by atoms with Crippen LogP contribution in [-0.4, -0.2) is 14.7 Å². The van der Waals surface area contributed by atoms with E-state index in [0.717, 1.165) is 11.1 Å². The van der Waals surface area contributed by atoms with Gasteiger partial charge in [0.15, 0.2) is 0 Å². The first-order valence-corrected chi connectivity index (χ1v) is 5.57. The normalized spacial score (nSPS) is 9.80. The molecule has 0 aromatic heterocycles. The zero-order valence-corrected chi connectivity index (χ0v) is 8.97. The van der Waals surface area contributed by atoms with Crippen LogP contribution in [-0.2, 0) is 4.57 Å². The second-order valence-electron chi connectivity index (χ2n) is 2.55. The highest BCUT2D eigenvalue weighted by atomic mass is 31.2. The van der Waals surface area contributed by atoms with E-state index in [1.165, 1.54) is 0 Å². The summed E-state index contributed by atoms with van der Waals surface area (Å²) in [6.07, 6.45) is 3.66. The van der Waals surface area contributed by atoms with E-state index in [1.54, 1.807) is 0 Å². The Hall–Kier alpha value is -1.19. The van der Waals surface area contributed by atoms with Crippen molar-refractivity contribution >= 4 is 20.0 Å². The van der Waals surface area contributed by atoms with Crippen LogP contribution in [0, 0.1) is 0 Å². The van der Waals surface area contributed by atoms with E-state index in [9.17, 15) is 0 Å². The molecule has 3 N–H and O–H groups in total. The molecule has 0 saturated carbocycles. The van der Waals surface area contributed by atoms with Crippen molar-refractivity contribution in [3.63, 3.8) is 0 Å². The molecule has 0 heterocycles. The van der Waals surface area contributed by atoms with Crippen LogP contribution in [0.5, 0.6) is 0 Å². The largest absolute Gasteiger partial charge is 0.466 e. The second-order valence-corrected chi connectivity index (χ2v) is 3.58. The van der Waals surface area contributed by atoms with E-state index >= 15 is 0 Å². The first-order valence-electron chi connectivity index (χ1n) is 4.00. The number of hydrogen-bond donors (Lipinski definition) is 3. The first-order chi connectivity index (χ1) is 6.88. The van der Waals surface area contributed by atoms with Gasteiger partial charge in [0.1, 0.15) is 0 Å². The van der Waals surface area contributed by atoms with Crippen LogP contribution in [0.4, 0.5) is 0 Å². The van der Waals surface area contributed by atoms with Crippen LogP contribution in [0.15, 0.2) is 37.4 Å². The fourth-order valence-corrected chi connectivity index (χ4v) is 0.883. The Morgan fingerprint density at radius 2 is 1.27 bits per heavy atom. The minimum absolute atomic E-state index is 1.14. The zero-order chi connectivity index (χ0) is 11.9. The molecule has 0 amide bonds. The van der Waals surface area contributed by atoms with Gasteiger partial charge in [0.2, 0.25) is 0 Å². The van der Waals surface area contributed by atoms with Crippen LogP contribution >= 0.6 is 7.82 Å². The van der Waals surface area contributed by atoms with Gasteiger partial charge in [0, 0.05) is 0 Å². The number of phosphoric acid groups is 1. The lowest BCUT2D eigenvalue weighted by atomic mass is 10.1. The minimum atomic E-state index is -4.64. The summed E-state index contributed by atoms with van der Waals surface area (Å²) in [6.45, 7) is 7.38. The molecule has 0 radical (unpaired) electrons. The van der Waals surface area contributed by atoms with Crippen molar-refractivity contribution in [2.24, 2.45) is 0 Å². The Balaban J connectivity index is 0.000000336. The third kappa shape index (κ3) is 7.85. The first kappa shape index (κ1) is 13.8. The molecule has 0 spiro atoms. The quantitative estimate of drug-likeness (QED) is 0.677. The average Bonchev–Trinajstić information content (AvgIpc) is 2.15. The van der Waals surface area contributed by atoms with Crippen molar-refractivity contribution in [3.05, 3.63) is 48.6 Å². The molecule has 0 aliphatic heterocycles. The van der Waals surface area contributed by atoms with Gasteiger partial charge in [0.25, 0.3) is 0 Å². The highest BCUT2D eigenvalue weighted by molar-refractivity contribution is 7.45. The van der Waals surface area contributed by atoms with Crippen molar-refractivity contribution in [3.8, 4) is 0 Å². The minimum Gasteiger partial charge on any atom is -0.303 e. The topological polar surface area (TPSA) is 77.8 Å². The van der Waals surface area contributed by atoms with Crippen LogP contribution in [0.25, 0.3) is 12.2 Å². The van der Waals surface area contributed by atoms with E-state index < -0.39 is 7.82 Å². The van der Waals surface area contributed by atoms with E-state index in [0.29, 0.717) is 0 Å². The molecule has 1 aromatic rings. The molecule has 0 aliphatic carbocycles. The Morgan fingerprint density at radius 1 is 1.00 bits per heavy atom. The van der Waals surface area contributed by atoms with E-state index in [4.69, 9.17) is 19.2 Å². The van der Waals surface area contributed by atoms with E-state index in [2.05, 4.69) is 13.2 Å². The molecular formula is C10H13O4P. The summed E-state index contributed by atoms with van der Waals surface area (Å²) in [7, 11) is -4.64. The van der Waals surface area contributed by atoms with Crippen LogP contribution in [0.1, 0.15) is 11.1 Å². The van der Waals surface area contributed by atoms with E-state index in [1.807, 2.05) is 36.4 Å². The number of hydrogen-bond acceptors (Lipinski definition) is 1. The highest BCUT2D eigenvalue weighted by Gasteiger charge is 2.00. The van der Waals surface area contributed by atoms with Crippen molar-refractivity contribution in [2.75, 3.05) is 0 Å². The molecule has 5 heteroatoms. The Bertz CT molecular complexity index is 345. The molecule has 1 rings (SSSR count). The summed E-state index contributed by atoms with van der Waals surface area (Å²) >= 11 is 0. The molecular weight excluding hydrogens is 215 g/mol. The maximum atomic E-state index is 8.88. The number of rotatable bonds is 2. The van der Waals surface area contributed by atoms with Crippen molar-refractivity contribution < 1.29 is 19.2 Å². The molecule has 82 valence electrons. The summed E-state index contributed by atoms with van der Waals surface area (Å²) in [5.41, 5.74) is 2.27. The molecule has 0 bridgehead atoms. The lowest BCUT2D eigenvalue weighted by Crippen LogP contribution is -1.76. The van der Waals surface area contributed by atoms with Gasteiger partial charge < -0.3 is 14.7 Å². The van der Waals surface area contributed by atoms with Crippen molar-refractivity contribution in [1.82, 2.24) is 0 Å². The fourth-order valence-electron chi connectivity index (χ4n) is 0.883. The summed E-state index contributed by atoms with van der Waals surface area (Å²) in [4.78, 5) is 21.6. The third-order valence-corrected chi connectivity index (χ3v) is 1.44. The van der Waals surface area contributed by atoms with Crippen LogP contribution in [0.3, 0.4) is 0 Å². The Kier molecular flexibility index (Phi) is 5.82. The predicted molar refractivity (Wildman–Crippen MR) is 60.9 cm³/mol. The van der Waals surface area contributed by atoms with Gasteiger partial charge in [-0.25, -0.2) is 4.57 Å². The highest BCUT2D eigenvalue weighted by Crippen LogP contribution is 2.25. The Morgan fingerprint density at radius 3 is 1.47 bits per heavy atom. The summed E-state index contributed by atoms with van der Waals surface area (Å²) in [5, 5.41) is 0. The van der Waals surface area contributed by atoms with Gasteiger partial charge in [-0.1, -0.05) is 49.6 Å². The molecule has 0 saturated heterocycles. The second kappa shape index (κ2) is 6.32. The molecule has 0 unspecified atom stereocenters. The molecule has 0 atom stereocenters.